The Bertz CT molecular complexity index is 734. The van der Waals surface area contributed by atoms with E-state index < -0.39 is 0 Å². The van der Waals surface area contributed by atoms with Crippen molar-refractivity contribution in [2.45, 2.75) is 19.8 Å². The van der Waals surface area contributed by atoms with Crippen LogP contribution in [0.3, 0.4) is 0 Å². The number of pyridine rings is 1. The number of aliphatic hydroxyl groups excluding tert-OH is 1. The maximum absolute atomic E-state index is 8.76. The lowest BCUT2D eigenvalue weighted by molar-refractivity contribution is 0.350. The summed E-state index contributed by atoms with van der Waals surface area (Å²) in [5.74, 6) is 6.58. The van der Waals surface area contributed by atoms with Crippen LogP contribution in [0.1, 0.15) is 31.0 Å². The van der Waals surface area contributed by atoms with Crippen LogP contribution in [0.25, 0.3) is 0 Å². The number of ether oxygens (including phenoxy) is 1. The minimum Gasteiger partial charge on any atom is -0.451 e. The quantitative estimate of drug-likeness (QED) is 0.730. The first-order valence-electron chi connectivity index (χ1n) is 6.66. The largest absolute Gasteiger partial charge is 0.451 e. The number of anilines is 2. The monoisotopic (exact) mass is 299 g/mol. The maximum Gasteiger partial charge on any atom is 0.222 e. The Morgan fingerprint density at radius 2 is 2.00 bits per heavy atom. The zero-order chi connectivity index (χ0) is 16.1. The van der Waals surface area contributed by atoms with E-state index in [2.05, 4.69) is 26.8 Å². The highest BCUT2D eigenvalue weighted by Crippen LogP contribution is 2.32. The van der Waals surface area contributed by atoms with Gasteiger partial charge in [0.15, 0.2) is 11.6 Å². The molecule has 0 saturated carbocycles. The molecule has 0 bridgehead atoms. The average Bonchev–Trinajstić information content (AvgIpc) is 2.48. The summed E-state index contributed by atoms with van der Waals surface area (Å²) in [4.78, 5) is 12.0. The van der Waals surface area contributed by atoms with Crippen LogP contribution in [0, 0.1) is 11.8 Å². The first kappa shape index (κ1) is 15.5. The third-order valence-corrected chi connectivity index (χ3v) is 2.83. The highest BCUT2D eigenvalue weighted by molar-refractivity contribution is 5.51. The molecule has 0 amide bonds. The van der Waals surface area contributed by atoms with Gasteiger partial charge in [-0.1, -0.05) is 19.8 Å². The Labute approximate surface area is 128 Å². The number of nitrogen functional groups attached to an aromatic ring is 2. The summed E-state index contributed by atoms with van der Waals surface area (Å²) in [6.07, 6.45) is 3.11. The molecule has 0 unspecified atom stereocenters. The summed E-state index contributed by atoms with van der Waals surface area (Å²) < 4.78 is 5.80. The topological polar surface area (TPSA) is 120 Å². The van der Waals surface area contributed by atoms with E-state index in [1.54, 1.807) is 12.3 Å². The summed E-state index contributed by atoms with van der Waals surface area (Å²) in [6.45, 7) is 3.81. The van der Waals surface area contributed by atoms with E-state index >= 15 is 0 Å². The van der Waals surface area contributed by atoms with Crippen molar-refractivity contribution in [1.82, 2.24) is 15.0 Å². The highest BCUT2D eigenvalue weighted by Gasteiger charge is 2.13. The van der Waals surface area contributed by atoms with Gasteiger partial charge in [-0.25, -0.2) is 9.97 Å². The molecule has 0 spiro atoms. The van der Waals surface area contributed by atoms with Crippen LogP contribution in [0.2, 0.25) is 0 Å². The summed E-state index contributed by atoms with van der Waals surface area (Å²) in [6, 6.07) is 1.69. The number of hydrogen-bond acceptors (Lipinski definition) is 7. The van der Waals surface area contributed by atoms with Gasteiger partial charge in [0.2, 0.25) is 5.95 Å². The molecule has 0 fully saturated rings. The van der Waals surface area contributed by atoms with Crippen molar-refractivity contribution in [3.05, 3.63) is 29.7 Å². The molecule has 0 atom stereocenters. The summed E-state index contributed by atoms with van der Waals surface area (Å²) in [7, 11) is 0. The first-order valence-corrected chi connectivity index (χ1v) is 6.66. The first-order chi connectivity index (χ1) is 10.5. The second-order valence-corrected chi connectivity index (χ2v) is 4.80. The molecule has 0 saturated heterocycles. The lowest BCUT2D eigenvalue weighted by Gasteiger charge is -2.14. The van der Waals surface area contributed by atoms with Crippen LogP contribution in [0.15, 0.2) is 18.5 Å². The predicted octanol–water partition coefficient (Wildman–Crippen LogP) is 1.30. The maximum atomic E-state index is 8.76. The predicted molar refractivity (Wildman–Crippen MR) is 83.2 cm³/mol. The van der Waals surface area contributed by atoms with Gasteiger partial charge in [-0.15, -0.1) is 0 Å². The Morgan fingerprint density at radius 1 is 1.23 bits per heavy atom. The molecule has 2 rings (SSSR count). The van der Waals surface area contributed by atoms with E-state index in [0.29, 0.717) is 17.2 Å². The molecule has 0 aliphatic heterocycles. The molecule has 0 aromatic carbocycles. The summed E-state index contributed by atoms with van der Waals surface area (Å²) in [5, 5.41) is 8.76. The molecule has 0 radical (unpaired) electrons. The van der Waals surface area contributed by atoms with E-state index in [1.807, 2.05) is 13.8 Å². The Balaban J connectivity index is 2.42. The van der Waals surface area contributed by atoms with Crippen molar-refractivity contribution in [2.24, 2.45) is 0 Å². The van der Waals surface area contributed by atoms with Gasteiger partial charge in [0.1, 0.15) is 18.1 Å². The van der Waals surface area contributed by atoms with Crippen LogP contribution in [0.5, 0.6) is 11.5 Å². The minimum absolute atomic E-state index is 0.0816. The second kappa shape index (κ2) is 6.74. The van der Waals surface area contributed by atoms with Crippen molar-refractivity contribution in [1.29, 1.82) is 0 Å². The van der Waals surface area contributed by atoms with Gasteiger partial charge in [0.05, 0.1) is 6.20 Å². The average molecular weight is 299 g/mol. The van der Waals surface area contributed by atoms with E-state index in [0.717, 1.165) is 5.56 Å². The third kappa shape index (κ3) is 3.62. The van der Waals surface area contributed by atoms with Crippen molar-refractivity contribution in [2.75, 3.05) is 18.1 Å². The molecule has 7 nitrogen and oxygen atoms in total. The Hall–Kier alpha value is -2.85. The van der Waals surface area contributed by atoms with Gasteiger partial charge in [0, 0.05) is 17.8 Å². The van der Waals surface area contributed by atoms with Gasteiger partial charge >= 0.3 is 0 Å². The van der Waals surface area contributed by atoms with E-state index in [9.17, 15) is 0 Å². The molecule has 2 aromatic rings. The normalized spacial score (nSPS) is 10.2. The van der Waals surface area contributed by atoms with Crippen LogP contribution in [-0.2, 0) is 0 Å². The number of hydrogen-bond donors (Lipinski definition) is 3. The van der Waals surface area contributed by atoms with Gasteiger partial charge < -0.3 is 21.3 Å². The van der Waals surface area contributed by atoms with Crippen molar-refractivity contribution in [3.8, 4) is 23.3 Å². The molecular formula is C15H17N5O2. The van der Waals surface area contributed by atoms with Crippen LogP contribution in [0.4, 0.5) is 11.8 Å². The molecular weight excluding hydrogens is 282 g/mol. The van der Waals surface area contributed by atoms with Crippen molar-refractivity contribution in [3.63, 3.8) is 0 Å². The molecule has 2 aromatic heterocycles. The molecule has 0 aliphatic carbocycles. The molecule has 2 heterocycles. The number of aromatic nitrogens is 3. The fraction of sp³-hybridized carbons (Fsp3) is 0.267. The van der Waals surface area contributed by atoms with E-state index in [4.69, 9.17) is 21.3 Å². The minimum atomic E-state index is -0.234. The lowest BCUT2D eigenvalue weighted by Crippen LogP contribution is -2.03. The lowest BCUT2D eigenvalue weighted by atomic mass is 10.0. The number of aliphatic hydroxyl groups is 1. The van der Waals surface area contributed by atoms with Crippen molar-refractivity contribution < 1.29 is 9.84 Å². The van der Waals surface area contributed by atoms with Crippen LogP contribution < -0.4 is 16.2 Å². The highest BCUT2D eigenvalue weighted by atomic mass is 16.5. The fourth-order valence-electron chi connectivity index (χ4n) is 1.76. The van der Waals surface area contributed by atoms with Gasteiger partial charge in [-0.05, 0) is 11.8 Å². The SMILES string of the molecule is CC(C)c1cnc(C#CCO)cc1Oc1cnc(N)nc1N. The number of nitrogens with zero attached hydrogens (tertiary/aromatic N) is 3. The van der Waals surface area contributed by atoms with Gasteiger partial charge in [0.25, 0.3) is 0 Å². The zero-order valence-corrected chi connectivity index (χ0v) is 12.4. The summed E-state index contributed by atoms with van der Waals surface area (Å²) >= 11 is 0. The zero-order valence-electron chi connectivity index (χ0n) is 12.4. The Morgan fingerprint density at radius 3 is 2.64 bits per heavy atom. The molecule has 7 heteroatoms. The number of rotatable bonds is 3. The van der Waals surface area contributed by atoms with Gasteiger partial charge in [-0.2, -0.15) is 4.98 Å². The fourth-order valence-corrected chi connectivity index (χ4v) is 1.76. The van der Waals surface area contributed by atoms with E-state index in [1.165, 1.54) is 6.20 Å². The Kier molecular flexibility index (Phi) is 4.76. The molecule has 0 aliphatic rings. The van der Waals surface area contributed by atoms with Crippen molar-refractivity contribution >= 4 is 11.8 Å². The van der Waals surface area contributed by atoms with Crippen LogP contribution >= 0.6 is 0 Å². The number of nitrogens with two attached hydrogens (primary N) is 2. The van der Waals surface area contributed by atoms with Gasteiger partial charge in [-0.3, -0.25) is 0 Å². The molecule has 22 heavy (non-hydrogen) atoms. The summed E-state index contributed by atoms with van der Waals surface area (Å²) in [5.41, 5.74) is 12.6. The third-order valence-electron chi connectivity index (χ3n) is 2.83. The van der Waals surface area contributed by atoms with E-state index in [-0.39, 0.29) is 24.3 Å². The standard InChI is InChI=1S/C15H17N5O2/c1-9(2)11-7-18-10(4-3-5-21)6-12(11)22-13-8-19-15(17)20-14(13)16/h6-9,21H,5H2,1-2H3,(H4,16,17,19,20). The molecule has 114 valence electrons. The second-order valence-electron chi connectivity index (χ2n) is 4.80. The molecule has 5 N–H and O–H groups in total. The smallest absolute Gasteiger partial charge is 0.222 e. The van der Waals surface area contributed by atoms with Crippen LogP contribution in [-0.4, -0.2) is 26.7 Å².